The Morgan fingerprint density at radius 3 is 2.33 bits per heavy atom. The van der Waals surface area contributed by atoms with Crippen molar-refractivity contribution in [2.75, 3.05) is 26.5 Å². The molecule has 9 nitrogen and oxygen atoms in total. The van der Waals surface area contributed by atoms with Gasteiger partial charge >= 0.3 is 6.36 Å². The van der Waals surface area contributed by atoms with E-state index in [9.17, 15) is 21.6 Å². The highest BCUT2D eigenvalue weighted by atomic mass is 32.2. The van der Waals surface area contributed by atoms with Crippen LogP contribution in [-0.4, -0.2) is 62.6 Å². The van der Waals surface area contributed by atoms with Crippen molar-refractivity contribution in [1.82, 2.24) is 14.2 Å². The molecule has 4 rings (SSSR count). The van der Waals surface area contributed by atoms with Crippen LogP contribution in [0, 0.1) is 0 Å². The zero-order valence-electron chi connectivity index (χ0n) is 21.7. The van der Waals surface area contributed by atoms with E-state index in [1.807, 2.05) is 18.9 Å². The topological polar surface area (TPSA) is 96.4 Å². The molecule has 208 valence electrons. The molecular weight excluding hydrogens is 535 g/mol. The average molecular weight is 564 g/mol. The number of alkyl halides is 3. The van der Waals surface area contributed by atoms with Crippen LogP contribution in [0.1, 0.15) is 24.1 Å². The molecule has 0 saturated carbocycles. The van der Waals surface area contributed by atoms with Gasteiger partial charge in [0.15, 0.2) is 0 Å². The Bertz CT molecular complexity index is 1430. The van der Waals surface area contributed by atoms with Crippen molar-refractivity contribution >= 4 is 27.9 Å². The molecule has 0 spiro atoms. The standard InChI is InChI=1S/C26H28F3N5O4S/c1-17-25(31-16-33(17)2)22-13-21(39(35,36)34(3)15-18-5-7-19(37-4)8-6-18)10-11-23(22)32-24-12-9-20(14-30-24)38-26(27,28)29/h5-14,16-17,25H,15H2,1-4H3,(H,30,32). The molecule has 2 atom stereocenters. The zero-order valence-corrected chi connectivity index (χ0v) is 22.5. The van der Waals surface area contributed by atoms with Gasteiger partial charge in [-0.05, 0) is 55.0 Å². The first kappa shape index (κ1) is 28.2. The van der Waals surface area contributed by atoms with Gasteiger partial charge in [-0.15, -0.1) is 13.2 Å². The van der Waals surface area contributed by atoms with E-state index < -0.39 is 28.2 Å². The van der Waals surface area contributed by atoms with Crippen LogP contribution in [0.15, 0.2) is 70.7 Å². The highest BCUT2D eigenvalue weighted by molar-refractivity contribution is 7.89. The Hall–Kier alpha value is -3.84. The van der Waals surface area contributed by atoms with Gasteiger partial charge in [0.2, 0.25) is 10.0 Å². The second-order valence-corrected chi connectivity index (χ2v) is 11.1. The number of nitrogens with zero attached hydrogens (tertiary/aromatic N) is 4. The van der Waals surface area contributed by atoms with Crippen LogP contribution < -0.4 is 14.8 Å². The fourth-order valence-corrected chi connectivity index (χ4v) is 5.26. The van der Waals surface area contributed by atoms with E-state index in [4.69, 9.17) is 4.74 Å². The number of benzene rings is 2. The van der Waals surface area contributed by atoms with Gasteiger partial charge in [-0.3, -0.25) is 4.99 Å². The van der Waals surface area contributed by atoms with E-state index in [0.717, 1.165) is 17.8 Å². The molecule has 1 aromatic heterocycles. The smallest absolute Gasteiger partial charge is 0.497 e. The number of methoxy groups -OCH3 is 1. The fourth-order valence-electron chi connectivity index (χ4n) is 4.07. The van der Waals surface area contributed by atoms with Gasteiger partial charge in [0.25, 0.3) is 0 Å². The summed E-state index contributed by atoms with van der Waals surface area (Å²) >= 11 is 0. The van der Waals surface area contributed by atoms with E-state index in [1.54, 1.807) is 49.8 Å². The first-order valence-corrected chi connectivity index (χ1v) is 13.3. The lowest BCUT2D eigenvalue weighted by atomic mass is 9.99. The number of sulfonamides is 1. The third-order valence-electron chi connectivity index (χ3n) is 6.36. The highest BCUT2D eigenvalue weighted by Crippen LogP contribution is 2.36. The summed E-state index contributed by atoms with van der Waals surface area (Å²) in [5.74, 6) is 0.469. The zero-order chi connectivity index (χ0) is 28.4. The minimum absolute atomic E-state index is 0.0731. The second kappa shape index (κ2) is 11.1. The largest absolute Gasteiger partial charge is 0.573 e. The molecule has 39 heavy (non-hydrogen) atoms. The molecule has 2 aromatic carbocycles. The SMILES string of the molecule is COc1ccc(CN(C)S(=O)(=O)c2ccc(Nc3ccc(OC(F)(F)F)cn3)c(C3N=CN(C)C3C)c2)cc1. The number of nitrogens with one attached hydrogen (secondary N) is 1. The fraction of sp³-hybridized carbons (Fsp3) is 0.308. The Morgan fingerprint density at radius 1 is 1.08 bits per heavy atom. The summed E-state index contributed by atoms with van der Waals surface area (Å²) < 4.78 is 74.8. The minimum atomic E-state index is -4.83. The third kappa shape index (κ3) is 6.60. The van der Waals surface area contributed by atoms with E-state index in [2.05, 4.69) is 20.0 Å². The molecule has 0 fully saturated rings. The lowest BCUT2D eigenvalue weighted by Gasteiger charge is -2.24. The molecule has 13 heteroatoms. The van der Waals surface area contributed by atoms with Crippen molar-refractivity contribution in [1.29, 1.82) is 0 Å². The molecule has 1 aliphatic rings. The van der Waals surface area contributed by atoms with Crippen LogP contribution in [0.25, 0.3) is 0 Å². The van der Waals surface area contributed by atoms with Gasteiger partial charge in [0.1, 0.15) is 17.3 Å². The summed E-state index contributed by atoms with van der Waals surface area (Å²) in [7, 11) is 1.05. The van der Waals surface area contributed by atoms with Crippen molar-refractivity contribution in [3.8, 4) is 11.5 Å². The molecule has 0 aliphatic carbocycles. The summed E-state index contributed by atoms with van der Waals surface area (Å²) in [6.45, 7) is 2.11. The van der Waals surface area contributed by atoms with Crippen molar-refractivity contribution < 1.29 is 31.1 Å². The van der Waals surface area contributed by atoms with Crippen LogP contribution in [0.2, 0.25) is 0 Å². The summed E-state index contributed by atoms with van der Waals surface area (Å²) in [6, 6.07) is 13.8. The molecule has 0 amide bonds. The predicted molar refractivity (Wildman–Crippen MR) is 141 cm³/mol. The quantitative estimate of drug-likeness (QED) is 0.393. The molecule has 0 saturated heterocycles. The van der Waals surface area contributed by atoms with Crippen LogP contribution in [0.3, 0.4) is 0 Å². The van der Waals surface area contributed by atoms with Crippen LogP contribution >= 0.6 is 0 Å². The summed E-state index contributed by atoms with van der Waals surface area (Å²) in [6.07, 6.45) is -2.20. The number of hydrogen-bond acceptors (Lipinski definition) is 8. The summed E-state index contributed by atoms with van der Waals surface area (Å²) in [4.78, 5) is 10.5. The van der Waals surface area contributed by atoms with Crippen LogP contribution in [-0.2, 0) is 16.6 Å². The Balaban J connectivity index is 1.63. The molecule has 1 N–H and O–H groups in total. The van der Waals surface area contributed by atoms with Gasteiger partial charge in [-0.25, -0.2) is 13.4 Å². The second-order valence-electron chi connectivity index (χ2n) is 9.03. The van der Waals surface area contributed by atoms with Crippen molar-refractivity contribution in [3.05, 3.63) is 71.9 Å². The number of likely N-dealkylation sites (N-methyl/N-ethyl adjacent to an activating group) is 1. The first-order valence-electron chi connectivity index (χ1n) is 11.8. The Morgan fingerprint density at radius 2 is 1.77 bits per heavy atom. The number of aromatic nitrogens is 1. The monoisotopic (exact) mass is 563 g/mol. The normalized spacial score (nSPS) is 17.5. The maximum atomic E-state index is 13.5. The third-order valence-corrected chi connectivity index (χ3v) is 8.15. The van der Waals surface area contributed by atoms with E-state index in [-0.39, 0.29) is 23.3 Å². The number of pyridine rings is 1. The average Bonchev–Trinajstić information content (AvgIpc) is 3.22. The molecular formula is C26H28F3N5O4S. The predicted octanol–water partition coefficient (Wildman–Crippen LogP) is 4.96. The number of rotatable bonds is 9. The number of ether oxygens (including phenoxy) is 2. The highest BCUT2D eigenvalue weighted by Gasteiger charge is 2.32. The Labute approximate surface area is 224 Å². The first-order chi connectivity index (χ1) is 18.4. The molecule has 3 aromatic rings. The van der Waals surface area contributed by atoms with Crippen LogP contribution in [0.5, 0.6) is 11.5 Å². The molecule has 2 unspecified atom stereocenters. The minimum Gasteiger partial charge on any atom is -0.497 e. The molecule has 0 radical (unpaired) electrons. The summed E-state index contributed by atoms with van der Waals surface area (Å²) in [5, 5.41) is 3.07. The molecule has 0 bridgehead atoms. The number of aliphatic imine (C=N–C) groups is 1. The van der Waals surface area contributed by atoms with Crippen molar-refractivity contribution in [2.45, 2.75) is 36.8 Å². The van der Waals surface area contributed by atoms with Crippen molar-refractivity contribution in [3.63, 3.8) is 0 Å². The number of halogens is 3. The van der Waals surface area contributed by atoms with Gasteiger partial charge in [0, 0.05) is 31.9 Å². The van der Waals surface area contributed by atoms with Gasteiger partial charge < -0.3 is 19.7 Å². The number of hydrogen-bond donors (Lipinski definition) is 1. The summed E-state index contributed by atoms with van der Waals surface area (Å²) in [5.41, 5.74) is 1.91. The molecule has 1 aliphatic heterocycles. The van der Waals surface area contributed by atoms with Crippen molar-refractivity contribution in [2.24, 2.45) is 4.99 Å². The lowest BCUT2D eigenvalue weighted by molar-refractivity contribution is -0.274. The maximum absolute atomic E-state index is 13.5. The van der Waals surface area contributed by atoms with E-state index in [1.165, 1.54) is 23.5 Å². The van der Waals surface area contributed by atoms with E-state index >= 15 is 0 Å². The number of anilines is 2. The van der Waals surface area contributed by atoms with E-state index in [0.29, 0.717) is 17.0 Å². The Kier molecular flexibility index (Phi) is 8.02. The van der Waals surface area contributed by atoms with Gasteiger partial charge in [-0.2, -0.15) is 4.31 Å². The molecule has 2 heterocycles. The van der Waals surface area contributed by atoms with Crippen LogP contribution in [0.4, 0.5) is 24.7 Å². The van der Waals surface area contributed by atoms with Gasteiger partial charge in [-0.1, -0.05) is 12.1 Å². The maximum Gasteiger partial charge on any atom is 0.573 e. The lowest BCUT2D eigenvalue weighted by Crippen LogP contribution is -2.28. The van der Waals surface area contributed by atoms with Gasteiger partial charge in [0.05, 0.1) is 36.6 Å².